The standard InChI is InChI=1S/C13H14FN5O/c14-10-7-15-5-4-9(10)13(20)19-6-2-1-3-11(19)12-16-8-17-18-12/h4-5,7-8,11H,1-3,6H2,(H,16,17,18). The van der Waals surface area contributed by atoms with Crippen LogP contribution in [0.4, 0.5) is 4.39 Å². The third kappa shape index (κ3) is 2.26. The second kappa shape index (κ2) is 5.36. The zero-order chi connectivity index (χ0) is 13.9. The predicted molar refractivity (Wildman–Crippen MR) is 68.2 cm³/mol. The van der Waals surface area contributed by atoms with Crippen LogP contribution in [0.25, 0.3) is 0 Å². The Bertz CT molecular complexity index is 601. The van der Waals surface area contributed by atoms with Crippen molar-refractivity contribution in [1.82, 2.24) is 25.1 Å². The van der Waals surface area contributed by atoms with E-state index in [9.17, 15) is 9.18 Å². The molecule has 0 aromatic carbocycles. The van der Waals surface area contributed by atoms with Crippen LogP contribution in [0.15, 0.2) is 24.8 Å². The molecule has 2 aromatic rings. The molecule has 1 aliphatic rings. The van der Waals surface area contributed by atoms with Gasteiger partial charge in [0.1, 0.15) is 12.2 Å². The summed E-state index contributed by atoms with van der Waals surface area (Å²) >= 11 is 0. The Labute approximate surface area is 115 Å². The second-order valence-corrected chi connectivity index (χ2v) is 4.74. The molecule has 0 saturated carbocycles. The molecule has 1 amide bonds. The minimum atomic E-state index is -0.598. The monoisotopic (exact) mass is 275 g/mol. The van der Waals surface area contributed by atoms with E-state index in [0.29, 0.717) is 12.4 Å². The van der Waals surface area contributed by atoms with Crippen LogP contribution >= 0.6 is 0 Å². The predicted octanol–water partition coefficient (Wildman–Crippen LogP) is 1.71. The minimum Gasteiger partial charge on any atom is -0.328 e. The van der Waals surface area contributed by atoms with E-state index < -0.39 is 5.82 Å². The van der Waals surface area contributed by atoms with Gasteiger partial charge >= 0.3 is 0 Å². The highest BCUT2D eigenvalue weighted by Gasteiger charge is 2.31. The summed E-state index contributed by atoms with van der Waals surface area (Å²) in [6.07, 6.45) is 6.61. The summed E-state index contributed by atoms with van der Waals surface area (Å²) < 4.78 is 13.7. The molecule has 1 N–H and O–H groups in total. The number of hydrogen-bond donors (Lipinski definition) is 1. The van der Waals surface area contributed by atoms with Crippen LogP contribution in [0.1, 0.15) is 41.5 Å². The summed E-state index contributed by atoms with van der Waals surface area (Å²) in [5.74, 6) is -0.280. The summed E-state index contributed by atoms with van der Waals surface area (Å²) in [5.41, 5.74) is 0.0476. The van der Waals surface area contributed by atoms with Gasteiger partial charge in [0, 0.05) is 12.7 Å². The molecular formula is C13H14FN5O. The first-order valence-electron chi connectivity index (χ1n) is 6.53. The van der Waals surface area contributed by atoms with Crippen molar-refractivity contribution in [2.45, 2.75) is 25.3 Å². The number of nitrogens with zero attached hydrogens (tertiary/aromatic N) is 4. The van der Waals surface area contributed by atoms with Gasteiger partial charge in [0.2, 0.25) is 0 Å². The van der Waals surface area contributed by atoms with Gasteiger partial charge < -0.3 is 4.90 Å². The molecule has 3 rings (SSSR count). The highest BCUT2D eigenvalue weighted by atomic mass is 19.1. The summed E-state index contributed by atoms with van der Waals surface area (Å²) in [6, 6.07) is 1.23. The van der Waals surface area contributed by atoms with Crippen LogP contribution in [-0.2, 0) is 0 Å². The van der Waals surface area contributed by atoms with Gasteiger partial charge in [0.15, 0.2) is 5.82 Å². The number of H-pyrrole nitrogens is 1. The number of carbonyl (C=O) groups excluding carboxylic acids is 1. The first-order chi connectivity index (χ1) is 9.77. The lowest BCUT2D eigenvalue weighted by Crippen LogP contribution is -2.39. The molecule has 0 bridgehead atoms. The number of hydrogen-bond acceptors (Lipinski definition) is 4. The van der Waals surface area contributed by atoms with Crippen LogP contribution in [0.2, 0.25) is 0 Å². The quantitative estimate of drug-likeness (QED) is 0.905. The molecule has 20 heavy (non-hydrogen) atoms. The Balaban J connectivity index is 1.90. The number of aromatic amines is 1. The lowest BCUT2D eigenvalue weighted by atomic mass is 10.0. The Morgan fingerprint density at radius 1 is 1.45 bits per heavy atom. The van der Waals surface area contributed by atoms with Crippen molar-refractivity contribution >= 4 is 5.91 Å². The molecule has 1 atom stereocenters. The van der Waals surface area contributed by atoms with E-state index in [4.69, 9.17) is 0 Å². The number of aromatic nitrogens is 4. The molecule has 0 aliphatic carbocycles. The van der Waals surface area contributed by atoms with Gasteiger partial charge in [0.25, 0.3) is 5.91 Å². The van der Waals surface area contributed by atoms with Crippen LogP contribution in [0.5, 0.6) is 0 Å². The molecule has 1 saturated heterocycles. The second-order valence-electron chi connectivity index (χ2n) is 4.74. The maximum absolute atomic E-state index is 13.7. The van der Waals surface area contributed by atoms with Crippen LogP contribution in [-0.4, -0.2) is 37.5 Å². The molecule has 1 fully saturated rings. The van der Waals surface area contributed by atoms with Gasteiger partial charge in [0.05, 0.1) is 17.8 Å². The number of amides is 1. The van der Waals surface area contributed by atoms with E-state index in [0.717, 1.165) is 25.5 Å². The molecular weight excluding hydrogens is 261 g/mol. The van der Waals surface area contributed by atoms with Crippen molar-refractivity contribution in [2.75, 3.05) is 6.54 Å². The molecule has 1 aliphatic heterocycles. The lowest BCUT2D eigenvalue weighted by molar-refractivity contribution is 0.0595. The van der Waals surface area contributed by atoms with E-state index in [1.807, 2.05) is 0 Å². The van der Waals surface area contributed by atoms with Gasteiger partial charge in [-0.2, -0.15) is 5.10 Å². The van der Waals surface area contributed by atoms with Gasteiger partial charge in [-0.1, -0.05) is 0 Å². The molecule has 1 unspecified atom stereocenters. The number of carbonyl (C=O) groups is 1. The topological polar surface area (TPSA) is 74.8 Å². The lowest BCUT2D eigenvalue weighted by Gasteiger charge is -2.34. The Kier molecular flexibility index (Phi) is 3.41. The molecule has 2 aromatic heterocycles. The Hall–Kier alpha value is -2.31. The first kappa shape index (κ1) is 12.7. The SMILES string of the molecule is O=C(c1ccncc1F)N1CCCCC1c1ncn[nH]1. The van der Waals surface area contributed by atoms with Crippen molar-refractivity contribution in [2.24, 2.45) is 0 Å². The number of piperidine rings is 1. The summed E-state index contributed by atoms with van der Waals surface area (Å²) in [6.45, 7) is 0.589. The van der Waals surface area contributed by atoms with Crippen molar-refractivity contribution in [3.63, 3.8) is 0 Å². The van der Waals surface area contributed by atoms with Crippen molar-refractivity contribution in [1.29, 1.82) is 0 Å². The van der Waals surface area contributed by atoms with Crippen LogP contribution in [0.3, 0.4) is 0 Å². The number of likely N-dealkylation sites (tertiary alicyclic amines) is 1. The average molecular weight is 275 g/mol. The van der Waals surface area contributed by atoms with Crippen molar-refractivity contribution in [3.05, 3.63) is 42.0 Å². The Morgan fingerprint density at radius 2 is 2.35 bits per heavy atom. The number of nitrogens with one attached hydrogen (secondary N) is 1. The molecule has 0 radical (unpaired) electrons. The van der Waals surface area contributed by atoms with E-state index in [-0.39, 0.29) is 17.5 Å². The maximum Gasteiger partial charge on any atom is 0.257 e. The summed E-state index contributed by atoms with van der Waals surface area (Å²) in [7, 11) is 0. The van der Waals surface area contributed by atoms with Crippen LogP contribution in [0, 0.1) is 5.82 Å². The zero-order valence-electron chi connectivity index (χ0n) is 10.8. The van der Waals surface area contributed by atoms with Crippen molar-refractivity contribution < 1.29 is 9.18 Å². The minimum absolute atomic E-state index is 0.0476. The maximum atomic E-state index is 13.7. The van der Waals surface area contributed by atoms with E-state index >= 15 is 0 Å². The normalized spacial score (nSPS) is 19.1. The third-order valence-corrected chi connectivity index (χ3v) is 3.52. The third-order valence-electron chi connectivity index (χ3n) is 3.52. The fourth-order valence-electron chi connectivity index (χ4n) is 2.54. The summed E-state index contributed by atoms with van der Waals surface area (Å²) in [4.78, 5) is 22.0. The largest absolute Gasteiger partial charge is 0.328 e. The Morgan fingerprint density at radius 3 is 3.10 bits per heavy atom. The number of halogens is 1. The van der Waals surface area contributed by atoms with E-state index in [1.165, 1.54) is 18.6 Å². The first-order valence-corrected chi connectivity index (χ1v) is 6.53. The number of rotatable bonds is 2. The fraction of sp³-hybridized carbons (Fsp3) is 0.385. The van der Waals surface area contributed by atoms with Gasteiger partial charge in [-0.15, -0.1) is 0 Å². The molecule has 104 valence electrons. The van der Waals surface area contributed by atoms with Gasteiger partial charge in [-0.3, -0.25) is 14.9 Å². The summed E-state index contributed by atoms with van der Waals surface area (Å²) in [5, 5.41) is 6.62. The highest BCUT2D eigenvalue weighted by molar-refractivity contribution is 5.94. The van der Waals surface area contributed by atoms with E-state index in [1.54, 1.807) is 4.90 Å². The molecule has 6 nitrogen and oxygen atoms in total. The highest BCUT2D eigenvalue weighted by Crippen LogP contribution is 2.30. The average Bonchev–Trinajstić information content (AvgIpc) is 3.01. The molecule has 0 spiro atoms. The number of pyridine rings is 1. The molecule has 3 heterocycles. The molecule has 7 heteroatoms. The van der Waals surface area contributed by atoms with Gasteiger partial charge in [-0.25, -0.2) is 9.37 Å². The van der Waals surface area contributed by atoms with Crippen molar-refractivity contribution in [3.8, 4) is 0 Å². The zero-order valence-corrected chi connectivity index (χ0v) is 10.8. The van der Waals surface area contributed by atoms with Gasteiger partial charge in [-0.05, 0) is 25.3 Å². The smallest absolute Gasteiger partial charge is 0.257 e. The van der Waals surface area contributed by atoms with Crippen LogP contribution < -0.4 is 0 Å². The fourth-order valence-corrected chi connectivity index (χ4v) is 2.54. The van der Waals surface area contributed by atoms with E-state index in [2.05, 4.69) is 20.2 Å².